The van der Waals surface area contributed by atoms with Gasteiger partial charge in [0.2, 0.25) is 4.91 Å². The number of thioether (sulfide) groups is 1. The molecule has 12 heteroatoms. The molecule has 1 aromatic heterocycles. The Labute approximate surface area is 195 Å². The van der Waals surface area contributed by atoms with E-state index in [1.54, 1.807) is 30.0 Å². The highest BCUT2D eigenvalue weighted by Crippen LogP contribution is 2.22. The Morgan fingerprint density at radius 3 is 2.52 bits per heavy atom. The number of nitrogens with two attached hydrogens (primary N) is 1. The van der Waals surface area contributed by atoms with Gasteiger partial charge < -0.3 is 25.1 Å². The van der Waals surface area contributed by atoms with Crippen molar-refractivity contribution in [2.75, 3.05) is 26.4 Å². The molecule has 0 atom stereocenters. The number of furan rings is 1. The molecule has 1 aliphatic heterocycles. The van der Waals surface area contributed by atoms with Gasteiger partial charge in [0.05, 0.1) is 17.9 Å². The smallest absolute Gasteiger partial charge is 0.361 e. The van der Waals surface area contributed by atoms with Gasteiger partial charge in [-0.25, -0.2) is 9.59 Å². The number of hydrogen-bond acceptors (Lipinski definition) is 10. The minimum atomic E-state index is -4.38. The number of ether oxygens (including phenoxy) is 1. The van der Waals surface area contributed by atoms with Crippen LogP contribution in [0.4, 0.5) is 0 Å². The molecule has 0 spiro atoms. The zero-order valence-electron chi connectivity index (χ0n) is 18.1. The molecule has 0 saturated heterocycles. The number of sulfonamides is 1. The lowest BCUT2D eigenvalue weighted by Crippen LogP contribution is -2.30. The average Bonchev–Trinajstić information content (AvgIpc) is 3.28. The summed E-state index contributed by atoms with van der Waals surface area (Å²) in [7, 11) is -0.459. The SMILES string of the molecule is CN(C)Cc1ccc(CSCCNC2=NS(=O)(=O)C(C(=O)OC(=O)c3ccccc3)=C2N)o1. The van der Waals surface area contributed by atoms with Crippen LogP contribution in [-0.2, 0) is 31.9 Å². The Kier molecular flexibility index (Phi) is 7.95. The molecule has 2 aromatic rings. The fourth-order valence-electron chi connectivity index (χ4n) is 2.88. The summed E-state index contributed by atoms with van der Waals surface area (Å²) in [4.78, 5) is 25.5. The van der Waals surface area contributed by atoms with Gasteiger partial charge in [0.1, 0.15) is 17.2 Å². The molecular formula is C21H24N4O6S2. The van der Waals surface area contributed by atoms with Gasteiger partial charge in [-0.1, -0.05) is 18.2 Å². The Bertz CT molecular complexity index is 1190. The lowest BCUT2D eigenvalue weighted by molar-refractivity contribution is -0.132. The van der Waals surface area contributed by atoms with E-state index in [9.17, 15) is 18.0 Å². The van der Waals surface area contributed by atoms with Gasteiger partial charge in [-0.3, -0.25) is 0 Å². The second-order valence-electron chi connectivity index (χ2n) is 7.29. The summed E-state index contributed by atoms with van der Waals surface area (Å²) in [6, 6.07) is 11.6. The number of benzene rings is 1. The van der Waals surface area contributed by atoms with Crippen LogP contribution in [0, 0.1) is 0 Å². The van der Waals surface area contributed by atoms with Crippen molar-refractivity contribution in [1.29, 1.82) is 0 Å². The zero-order valence-corrected chi connectivity index (χ0v) is 19.7. The third-order valence-electron chi connectivity index (χ3n) is 4.32. The Morgan fingerprint density at radius 1 is 1.12 bits per heavy atom. The van der Waals surface area contributed by atoms with E-state index in [2.05, 4.69) is 14.5 Å². The number of amidine groups is 1. The molecule has 33 heavy (non-hydrogen) atoms. The van der Waals surface area contributed by atoms with Crippen LogP contribution >= 0.6 is 11.8 Å². The molecule has 10 nitrogen and oxygen atoms in total. The molecular weight excluding hydrogens is 468 g/mol. The molecule has 0 bridgehead atoms. The van der Waals surface area contributed by atoms with E-state index in [-0.39, 0.29) is 17.1 Å². The van der Waals surface area contributed by atoms with E-state index in [0.29, 0.717) is 24.6 Å². The van der Waals surface area contributed by atoms with Gasteiger partial charge in [-0.15, -0.1) is 4.40 Å². The van der Waals surface area contributed by atoms with Gasteiger partial charge in [-0.05, 0) is 38.4 Å². The molecule has 0 amide bonds. The highest BCUT2D eigenvalue weighted by molar-refractivity contribution is 7.98. The Balaban J connectivity index is 1.52. The molecule has 1 aromatic carbocycles. The van der Waals surface area contributed by atoms with Crippen LogP contribution in [0.15, 0.2) is 61.9 Å². The normalized spacial score (nSPS) is 14.9. The van der Waals surface area contributed by atoms with Gasteiger partial charge >= 0.3 is 11.9 Å². The van der Waals surface area contributed by atoms with Crippen LogP contribution in [0.1, 0.15) is 21.9 Å². The van der Waals surface area contributed by atoms with Crippen molar-refractivity contribution in [3.63, 3.8) is 0 Å². The van der Waals surface area contributed by atoms with Gasteiger partial charge in [0.15, 0.2) is 5.84 Å². The highest BCUT2D eigenvalue weighted by Gasteiger charge is 2.38. The van der Waals surface area contributed by atoms with E-state index in [0.717, 1.165) is 11.5 Å². The third-order valence-corrected chi connectivity index (χ3v) is 6.63. The maximum Gasteiger partial charge on any atom is 0.361 e. The van der Waals surface area contributed by atoms with Crippen LogP contribution in [0.25, 0.3) is 0 Å². The topological polar surface area (TPSA) is 144 Å². The number of esters is 2. The van der Waals surface area contributed by atoms with Gasteiger partial charge in [0.25, 0.3) is 10.0 Å². The number of nitrogens with one attached hydrogen (secondary N) is 1. The number of nitrogens with zero attached hydrogens (tertiary/aromatic N) is 2. The van der Waals surface area contributed by atoms with Crippen molar-refractivity contribution in [2.24, 2.45) is 10.1 Å². The first-order valence-corrected chi connectivity index (χ1v) is 12.5. The summed E-state index contributed by atoms with van der Waals surface area (Å²) in [5.74, 6) is 0.448. The summed E-state index contributed by atoms with van der Waals surface area (Å²) in [6.45, 7) is 1.06. The summed E-state index contributed by atoms with van der Waals surface area (Å²) < 4.78 is 38.5. The molecule has 0 radical (unpaired) electrons. The predicted molar refractivity (Wildman–Crippen MR) is 125 cm³/mol. The second kappa shape index (κ2) is 10.7. The summed E-state index contributed by atoms with van der Waals surface area (Å²) >= 11 is 1.57. The highest BCUT2D eigenvalue weighted by atomic mass is 32.2. The molecule has 2 heterocycles. The van der Waals surface area contributed by atoms with E-state index < -0.39 is 26.9 Å². The fraction of sp³-hybridized carbons (Fsp3) is 0.286. The lowest BCUT2D eigenvalue weighted by Gasteiger charge is -2.07. The van der Waals surface area contributed by atoms with Crippen LogP contribution in [0.5, 0.6) is 0 Å². The molecule has 0 saturated carbocycles. The second-order valence-corrected chi connectivity index (χ2v) is 9.93. The molecule has 1 aliphatic rings. The van der Waals surface area contributed by atoms with Crippen molar-refractivity contribution < 1.29 is 27.2 Å². The van der Waals surface area contributed by atoms with E-state index in [1.807, 2.05) is 31.1 Å². The van der Waals surface area contributed by atoms with Crippen LogP contribution in [-0.4, -0.2) is 57.5 Å². The molecule has 176 valence electrons. The van der Waals surface area contributed by atoms with Gasteiger partial charge in [-0.2, -0.15) is 20.2 Å². The summed E-state index contributed by atoms with van der Waals surface area (Å²) in [5, 5.41) is 2.81. The summed E-state index contributed by atoms with van der Waals surface area (Å²) in [6.07, 6.45) is 0. The van der Waals surface area contributed by atoms with Gasteiger partial charge in [0, 0.05) is 12.3 Å². The number of rotatable bonds is 9. The van der Waals surface area contributed by atoms with E-state index in [1.165, 1.54) is 12.1 Å². The van der Waals surface area contributed by atoms with E-state index in [4.69, 9.17) is 10.2 Å². The Hall–Kier alpha value is -3.09. The van der Waals surface area contributed by atoms with Crippen molar-refractivity contribution in [1.82, 2.24) is 10.2 Å². The Morgan fingerprint density at radius 2 is 1.82 bits per heavy atom. The standard InChI is InChI=1S/C21H24N4O6S2/c1-25(2)12-15-8-9-16(30-15)13-32-11-10-23-19-17(22)18(33(28,29)24-19)21(27)31-20(26)14-6-4-3-5-7-14/h3-9H,10-13,22H2,1-2H3,(H,23,24). The first-order valence-electron chi connectivity index (χ1n) is 9.88. The van der Waals surface area contributed by atoms with Crippen molar-refractivity contribution >= 4 is 39.6 Å². The van der Waals surface area contributed by atoms with Crippen molar-refractivity contribution in [2.45, 2.75) is 12.3 Å². The van der Waals surface area contributed by atoms with Crippen LogP contribution in [0.2, 0.25) is 0 Å². The third kappa shape index (κ3) is 6.46. The first-order chi connectivity index (χ1) is 15.7. The van der Waals surface area contributed by atoms with Crippen LogP contribution in [0.3, 0.4) is 0 Å². The predicted octanol–water partition coefficient (Wildman–Crippen LogP) is 1.46. The lowest BCUT2D eigenvalue weighted by atomic mass is 10.2. The maximum atomic E-state index is 12.3. The minimum Gasteiger partial charge on any atom is -0.464 e. The first kappa shape index (κ1) is 24.6. The van der Waals surface area contributed by atoms with Crippen LogP contribution < -0.4 is 11.1 Å². The fourth-order valence-corrected chi connectivity index (χ4v) is 4.75. The van der Waals surface area contributed by atoms with E-state index >= 15 is 0 Å². The quantitative estimate of drug-likeness (QED) is 0.300. The largest absolute Gasteiger partial charge is 0.464 e. The molecule has 3 rings (SSSR count). The number of carbonyl (C=O) groups is 2. The molecule has 0 aliphatic carbocycles. The molecule has 3 N–H and O–H groups in total. The number of carbonyl (C=O) groups excluding carboxylic acids is 2. The van der Waals surface area contributed by atoms with Crippen molar-refractivity contribution in [3.05, 3.63) is 70.2 Å². The minimum absolute atomic E-state index is 0.0992. The van der Waals surface area contributed by atoms with Crippen molar-refractivity contribution in [3.8, 4) is 0 Å². The molecule has 0 fully saturated rings. The molecule has 0 unspecified atom stereocenters. The summed E-state index contributed by atoms with van der Waals surface area (Å²) in [5.41, 5.74) is 5.55. The monoisotopic (exact) mass is 492 g/mol. The zero-order chi connectivity index (χ0) is 24.0. The maximum absolute atomic E-state index is 12.3. The average molecular weight is 493 g/mol. The number of hydrogen-bond donors (Lipinski definition) is 2.